The van der Waals surface area contributed by atoms with E-state index in [4.69, 9.17) is 4.42 Å². The van der Waals surface area contributed by atoms with E-state index in [0.717, 1.165) is 6.07 Å². The molecule has 0 fully saturated rings. The summed E-state index contributed by atoms with van der Waals surface area (Å²) in [4.78, 5) is 3.84. The lowest BCUT2D eigenvalue weighted by atomic mass is 10.2. The minimum Gasteiger partial charge on any atom is -0.441 e. The maximum atomic E-state index is 12.8. The van der Waals surface area contributed by atoms with E-state index in [1.54, 1.807) is 6.92 Å². The highest BCUT2D eigenvalue weighted by Crippen LogP contribution is 2.21. The van der Waals surface area contributed by atoms with Crippen LogP contribution in [0.15, 0.2) is 28.8 Å². The second-order valence-corrected chi connectivity index (χ2v) is 2.90. The highest BCUT2D eigenvalue weighted by Gasteiger charge is 2.06. The molecular weight excluding hydrogens is 188 g/mol. The summed E-state index contributed by atoms with van der Waals surface area (Å²) in [6, 6.07) is 3.21. The molecule has 0 atom stereocenters. The number of benzene rings is 1. The van der Waals surface area contributed by atoms with Crippen LogP contribution in [-0.2, 0) is 0 Å². The third kappa shape index (κ3) is 1.64. The Bertz CT molecular complexity index is 445. The largest absolute Gasteiger partial charge is 0.441 e. The molecule has 2 rings (SSSR count). The highest BCUT2D eigenvalue weighted by molar-refractivity contribution is 5.56. The van der Waals surface area contributed by atoms with Crippen LogP contribution in [0.4, 0.5) is 8.78 Å². The van der Waals surface area contributed by atoms with Gasteiger partial charge < -0.3 is 4.42 Å². The van der Waals surface area contributed by atoms with Crippen LogP contribution in [0.25, 0.3) is 11.3 Å². The van der Waals surface area contributed by atoms with E-state index >= 15 is 0 Å². The van der Waals surface area contributed by atoms with Crippen molar-refractivity contribution in [1.82, 2.24) is 4.98 Å². The Morgan fingerprint density at radius 1 is 1.14 bits per heavy atom. The first-order valence-corrected chi connectivity index (χ1v) is 4.04. The lowest BCUT2D eigenvalue weighted by Gasteiger charge is -1.96. The first kappa shape index (κ1) is 8.87. The Hall–Kier alpha value is -1.71. The fraction of sp³-hybridized carbons (Fsp3) is 0.100. The third-order valence-electron chi connectivity index (χ3n) is 1.77. The number of rotatable bonds is 1. The zero-order valence-corrected chi connectivity index (χ0v) is 7.42. The molecule has 0 aliphatic carbocycles. The van der Waals surface area contributed by atoms with Crippen LogP contribution in [0.3, 0.4) is 0 Å². The maximum Gasteiger partial charge on any atom is 0.191 e. The van der Waals surface area contributed by atoms with Crippen LogP contribution in [-0.4, -0.2) is 4.98 Å². The number of halogens is 2. The average molecular weight is 195 g/mol. The molecule has 0 N–H and O–H groups in total. The predicted octanol–water partition coefficient (Wildman–Crippen LogP) is 2.93. The van der Waals surface area contributed by atoms with Crippen molar-refractivity contribution in [2.75, 3.05) is 0 Å². The molecule has 1 aromatic carbocycles. The van der Waals surface area contributed by atoms with E-state index in [1.165, 1.54) is 18.3 Å². The first-order valence-electron chi connectivity index (χ1n) is 4.04. The molecule has 1 heterocycles. The average Bonchev–Trinajstić information content (AvgIpc) is 2.50. The molecular formula is C10H7F2NO. The topological polar surface area (TPSA) is 26.0 Å². The van der Waals surface area contributed by atoms with Gasteiger partial charge in [0.25, 0.3) is 0 Å². The van der Waals surface area contributed by atoms with Crippen molar-refractivity contribution in [1.29, 1.82) is 0 Å². The summed E-state index contributed by atoms with van der Waals surface area (Å²) in [5.74, 6) is -0.436. The molecule has 0 radical (unpaired) electrons. The first-order chi connectivity index (χ1) is 6.65. The van der Waals surface area contributed by atoms with Gasteiger partial charge in [-0.1, -0.05) is 0 Å². The molecule has 1 aromatic heterocycles. The fourth-order valence-corrected chi connectivity index (χ4v) is 1.19. The minimum atomic E-state index is -0.631. The van der Waals surface area contributed by atoms with Crippen LogP contribution in [0.5, 0.6) is 0 Å². The van der Waals surface area contributed by atoms with Gasteiger partial charge in [0.05, 0.1) is 6.20 Å². The van der Waals surface area contributed by atoms with Gasteiger partial charge in [0.15, 0.2) is 11.7 Å². The number of nitrogens with zero attached hydrogens (tertiary/aromatic N) is 1. The molecule has 0 saturated carbocycles. The Balaban J connectivity index is 2.51. The van der Waals surface area contributed by atoms with Crippen LogP contribution in [0, 0.1) is 18.6 Å². The van der Waals surface area contributed by atoms with E-state index in [9.17, 15) is 8.78 Å². The summed E-state index contributed by atoms with van der Waals surface area (Å²) < 4.78 is 30.8. The number of hydrogen-bond acceptors (Lipinski definition) is 2. The van der Waals surface area contributed by atoms with Crippen molar-refractivity contribution in [3.8, 4) is 11.3 Å². The van der Waals surface area contributed by atoms with E-state index in [1.807, 2.05) is 0 Å². The number of hydrogen-bond donors (Lipinski definition) is 0. The van der Waals surface area contributed by atoms with E-state index in [-0.39, 0.29) is 0 Å². The standard InChI is InChI=1S/C10H7F2NO/c1-6-13-5-10(14-6)7-2-8(11)4-9(12)3-7/h2-5H,1H3. The molecule has 2 nitrogen and oxygen atoms in total. The van der Waals surface area contributed by atoms with Crippen LogP contribution < -0.4 is 0 Å². The molecule has 14 heavy (non-hydrogen) atoms. The Morgan fingerprint density at radius 2 is 1.79 bits per heavy atom. The number of oxazole rings is 1. The second kappa shape index (κ2) is 3.21. The summed E-state index contributed by atoms with van der Waals surface area (Å²) in [6.45, 7) is 1.67. The van der Waals surface area contributed by atoms with E-state index in [2.05, 4.69) is 4.98 Å². The van der Waals surface area contributed by atoms with Gasteiger partial charge in [-0.3, -0.25) is 0 Å². The monoisotopic (exact) mass is 195 g/mol. The van der Waals surface area contributed by atoms with Crippen LogP contribution in [0.1, 0.15) is 5.89 Å². The van der Waals surface area contributed by atoms with E-state index in [0.29, 0.717) is 17.2 Å². The molecule has 0 aliphatic rings. The molecule has 0 saturated heterocycles. The molecule has 0 unspecified atom stereocenters. The molecule has 4 heteroatoms. The maximum absolute atomic E-state index is 12.8. The molecule has 72 valence electrons. The lowest BCUT2D eigenvalue weighted by Crippen LogP contribution is -1.82. The van der Waals surface area contributed by atoms with Crippen molar-refractivity contribution in [3.63, 3.8) is 0 Å². The van der Waals surface area contributed by atoms with Crippen molar-refractivity contribution < 1.29 is 13.2 Å². The van der Waals surface area contributed by atoms with Gasteiger partial charge in [-0.05, 0) is 12.1 Å². The summed E-state index contributed by atoms with van der Waals surface area (Å²) in [5, 5.41) is 0. The highest BCUT2D eigenvalue weighted by atomic mass is 19.1. The zero-order chi connectivity index (χ0) is 10.1. The third-order valence-corrected chi connectivity index (χ3v) is 1.77. The number of aromatic nitrogens is 1. The summed E-state index contributed by atoms with van der Waals surface area (Å²) in [7, 11) is 0. The van der Waals surface area contributed by atoms with Gasteiger partial charge in [-0.25, -0.2) is 13.8 Å². The normalized spacial score (nSPS) is 10.5. The molecule has 0 spiro atoms. The molecule has 0 aliphatic heterocycles. The second-order valence-electron chi connectivity index (χ2n) is 2.90. The van der Waals surface area contributed by atoms with Crippen molar-refractivity contribution in [2.24, 2.45) is 0 Å². The molecule has 2 aromatic rings. The van der Waals surface area contributed by atoms with Crippen molar-refractivity contribution in [3.05, 3.63) is 41.9 Å². The summed E-state index contributed by atoms with van der Waals surface area (Å²) >= 11 is 0. The summed E-state index contributed by atoms with van der Waals surface area (Å²) in [5.41, 5.74) is 0.350. The Labute approximate surface area is 79.2 Å². The van der Waals surface area contributed by atoms with Crippen LogP contribution >= 0.6 is 0 Å². The van der Waals surface area contributed by atoms with Gasteiger partial charge >= 0.3 is 0 Å². The molecule has 0 amide bonds. The van der Waals surface area contributed by atoms with Gasteiger partial charge in [-0.2, -0.15) is 0 Å². The summed E-state index contributed by atoms with van der Waals surface area (Å²) in [6.07, 6.45) is 1.43. The van der Waals surface area contributed by atoms with Gasteiger partial charge in [0, 0.05) is 18.6 Å². The van der Waals surface area contributed by atoms with Crippen LogP contribution in [0.2, 0.25) is 0 Å². The molecule has 0 bridgehead atoms. The Kier molecular flexibility index (Phi) is 2.04. The van der Waals surface area contributed by atoms with Crippen molar-refractivity contribution in [2.45, 2.75) is 6.92 Å². The lowest BCUT2D eigenvalue weighted by molar-refractivity contribution is 0.531. The SMILES string of the molecule is Cc1ncc(-c2cc(F)cc(F)c2)o1. The fourth-order valence-electron chi connectivity index (χ4n) is 1.19. The predicted molar refractivity (Wildman–Crippen MR) is 46.6 cm³/mol. The van der Waals surface area contributed by atoms with Gasteiger partial charge in [0.1, 0.15) is 11.6 Å². The minimum absolute atomic E-state index is 0.350. The smallest absolute Gasteiger partial charge is 0.191 e. The zero-order valence-electron chi connectivity index (χ0n) is 7.42. The van der Waals surface area contributed by atoms with E-state index < -0.39 is 11.6 Å². The van der Waals surface area contributed by atoms with Gasteiger partial charge in [0.2, 0.25) is 0 Å². The van der Waals surface area contributed by atoms with Crippen molar-refractivity contribution >= 4 is 0 Å². The van der Waals surface area contributed by atoms with Gasteiger partial charge in [-0.15, -0.1) is 0 Å². The number of aryl methyl sites for hydroxylation is 1. The Morgan fingerprint density at radius 3 is 2.29 bits per heavy atom. The quantitative estimate of drug-likeness (QED) is 0.699.